The SMILES string of the molecule is COC(=O)c1cc2cccccc-2c1C(C(N)=O)c1ccccn1. The molecule has 120 valence electrons. The van der Waals surface area contributed by atoms with Gasteiger partial charge in [0.15, 0.2) is 0 Å². The summed E-state index contributed by atoms with van der Waals surface area (Å²) in [5.74, 6) is -1.91. The summed E-state index contributed by atoms with van der Waals surface area (Å²) in [6, 6.07) is 16.3. The molecule has 5 heteroatoms. The van der Waals surface area contributed by atoms with Crippen molar-refractivity contribution < 1.29 is 14.3 Å². The number of fused-ring (bicyclic) bond motifs is 1. The summed E-state index contributed by atoms with van der Waals surface area (Å²) in [4.78, 5) is 28.7. The Labute approximate surface area is 139 Å². The molecule has 0 aliphatic heterocycles. The number of ether oxygens (including phenoxy) is 1. The van der Waals surface area contributed by atoms with Crippen LogP contribution in [0, 0.1) is 0 Å². The highest BCUT2D eigenvalue weighted by Gasteiger charge is 2.32. The second-order valence-electron chi connectivity index (χ2n) is 5.33. The summed E-state index contributed by atoms with van der Waals surface area (Å²) in [7, 11) is 1.31. The van der Waals surface area contributed by atoms with E-state index in [2.05, 4.69) is 4.98 Å². The molecule has 0 saturated carbocycles. The standard InChI is InChI=1S/C19H16N2O3/c1-24-19(23)14-11-12-7-3-2-4-8-13(12)16(14)17(18(20)22)15-9-5-6-10-21-15/h2-11,17H,1H3,(H2,20,22). The Morgan fingerprint density at radius 2 is 1.83 bits per heavy atom. The van der Waals surface area contributed by atoms with Gasteiger partial charge in [0.05, 0.1) is 18.4 Å². The van der Waals surface area contributed by atoms with Crippen LogP contribution in [0.2, 0.25) is 0 Å². The first kappa shape index (κ1) is 15.7. The van der Waals surface area contributed by atoms with Gasteiger partial charge in [-0.3, -0.25) is 9.78 Å². The number of primary amides is 1. The van der Waals surface area contributed by atoms with Crippen LogP contribution >= 0.6 is 0 Å². The van der Waals surface area contributed by atoms with E-state index in [0.717, 1.165) is 11.1 Å². The molecule has 0 saturated heterocycles. The zero-order chi connectivity index (χ0) is 17.1. The van der Waals surface area contributed by atoms with Crippen molar-refractivity contribution in [1.29, 1.82) is 0 Å². The maximum absolute atomic E-state index is 12.2. The number of aromatic nitrogens is 1. The van der Waals surface area contributed by atoms with Crippen LogP contribution in [0.3, 0.4) is 0 Å². The van der Waals surface area contributed by atoms with Crippen molar-refractivity contribution >= 4 is 11.9 Å². The number of nitrogens with two attached hydrogens (primary N) is 1. The maximum Gasteiger partial charge on any atom is 0.338 e. The summed E-state index contributed by atoms with van der Waals surface area (Å²) in [5, 5.41) is 0. The number of amides is 1. The number of carbonyl (C=O) groups excluding carboxylic acids is 2. The highest BCUT2D eigenvalue weighted by molar-refractivity contribution is 6.01. The number of hydrogen-bond acceptors (Lipinski definition) is 4. The van der Waals surface area contributed by atoms with Crippen molar-refractivity contribution in [2.75, 3.05) is 7.11 Å². The fourth-order valence-electron chi connectivity index (χ4n) is 2.88. The van der Waals surface area contributed by atoms with Gasteiger partial charge in [0, 0.05) is 6.20 Å². The lowest BCUT2D eigenvalue weighted by Gasteiger charge is -2.15. The fourth-order valence-corrected chi connectivity index (χ4v) is 2.88. The second-order valence-corrected chi connectivity index (χ2v) is 5.33. The van der Waals surface area contributed by atoms with Crippen LogP contribution < -0.4 is 5.73 Å². The van der Waals surface area contributed by atoms with Crippen molar-refractivity contribution in [3.8, 4) is 11.1 Å². The normalized spacial score (nSPS) is 11.9. The molecular weight excluding hydrogens is 304 g/mol. The summed E-state index contributed by atoms with van der Waals surface area (Å²) in [5.41, 5.74) is 8.61. The molecule has 24 heavy (non-hydrogen) atoms. The molecule has 1 aromatic heterocycles. The largest absolute Gasteiger partial charge is 0.465 e. The van der Waals surface area contributed by atoms with Crippen LogP contribution in [0.1, 0.15) is 27.5 Å². The first-order valence-corrected chi connectivity index (χ1v) is 7.43. The van der Waals surface area contributed by atoms with Crippen molar-refractivity contribution in [2.24, 2.45) is 5.73 Å². The first-order valence-electron chi connectivity index (χ1n) is 7.43. The molecule has 3 rings (SSSR count). The van der Waals surface area contributed by atoms with Crippen LogP contribution in [0.25, 0.3) is 11.1 Å². The van der Waals surface area contributed by atoms with E-state index < -0.39 is 17.8 Å². The van der Waals surface area contributed by atoms with Crippen LogP contribution in [0.4, 0.5) is 0 Å². The number of esters is 1. The molecule has 0 bridgehead atoms. The number of rotatable bonds is 4. The summed E-state index contributed by atoms with van der Waals surface area (Å²) < 4.78 is 4.88. The zero-order valence-corrected chi connectivity index (χ0v) is 13.1. The van der Waals surface area contributed by atoms with Gasteiger partial charge in [-0.15, -0.1) is 0 Å². The van der Waals surface area contributed by atoms with E-state index in [0.29, 0.717) is 16.8 Å². The van der Waals surface area contributed by atoms with Crippen LogP contribution in [-0.2, 0) is 9.53 Å². The summed E-state index contributed by atoms with van der Waals surface area (Å²) >= 11 is 0. The quantitative estimate of drug-likeness (QED) is 0.749. The first-order chi connectivity index (χ1) is 11.6. The number of nitrogens with zero attached hydrogens (tertiary/aromatic N) is 1. The molecule has 1 unspecified atom stereocenters. The van der Waals surface area contributed by atoms with Crippen molar-refractivity contribution in [3.05, 3.63) is 77.6 Å². The van der Waals surface area contributed by atoms with Gasteiger partial charge in [-0.1, -0.05) is 36.4 Å². The Hall–Kier alpha value is -3.21. The predicted molar refractivity (Wildman–Crippen MR) is 89.7 cm³/mol. The molecule has 2 aliphatic rings. The third-order valence-corrected chi connectivity index (χ3v) is 3.91. The van der Waals surface area contributed by atoms with Gasteiger partial charge in [0.1, 0.15) is 5.92 Å². The van der Waals surface area contributed by atoms with E-state index in [9.17, 15) is 9.59 Å². The molecule has 2 aliphatic carbocycles. The molecule has 1 amide bonds. The Kier molecular flexibility index (Phi) is 4.24. The molecule has 5 nitrogen and oxygen atoms in total. The van der Waals surface area contributed by atoms with E-state index in [1.807, 2.05) is 30.3 Å². The van der Waals surface area contributed by atoms with Crippen molar-refractivity contribution in [3.63, 3.8) is 0 Å². The topological polar surface area (TPSA) is 82.3 Å². The van der Waals surface area contributed by atoms with Crippen LogP contribution in [0.15, 0.2) is 60.8 Å². The van der Waals surface area contributed by atoms with Gasteiger partial charge in [-0.25, -0.2) is 4.79 Å². The third kappa shape index (κ3) is 2.72. The fraction of sp³-hybridized carbons (Fsp3) is 0.105. The van der Waals surface area contributed by atoms with Crippen molar-refractivity contribution in [1.82, 2.24) is 4.98 Å². The van der Waals surface area contributed by atoms with E-state index in [1.165, 1.54) is 7.11 Å². The van der Waals surface area contributed by atoms with Gasteiger partial charge in [-0.2, -0.15) is 0 Å². The van der Waals surface area contributed by atoms with Crippen LogP contribution in [0.5, 0.6) is 0 Å². The summed E-state index contributed by atoms with van der Waals surface area (Å²) in [6.45, 7) is 0. The zero-order valence-electron chi connectivity index (χ0n) is 13.1. The molecule has 1 atom stereocenters. The highest BCUT2D eigenvalue weighted by atomic mass is 16.5. The lowest BCUT2D eigenvalue weighted by Crippen LogP contribution is -2.25. The maximum atomic E-state index is 12.2. The number of hydrogen-bond donors (Lipinski definition) is 1. The second kappa shape index (κ2) is 6.50. The van der Waals surface area contributed by atoms with Gasteiger partial charge in [-0.05, 0) is 34.9 Å². The monoisotopic (exact) mass is 320 g/mol. The Morgan fingerprint density at radius 3 is 2.50 bits per heavy atom. The highest BCUT2D eigenvalue weighted by Crippen LogP contribution is 2.39. The van der Waals surface area contributed by atoms with Gasteiger partial charge in [0.25, 0.3) is 0 Å². The lowest BCUT2D eigenvalue weighted by atomic mass is 9.90. The lowest BCUT2D eigenvalue weighted by molar-refractivity contribution is -0.118. The number of methoxy groups -OCH3 is 1. The number of pyridine rings is 1. The molecule has 2 N–H and O–H groups in total. The number of carbonyl (C=O) groups is 2. The average molecular weight is 320 g/mol. The van der Waals surface area contributed by atoms with E-state index in [4.69, 9.17) is 10.5 Å². The van der Waals surface area contributed by atoms with E-state index in [-0.39, 0.29) is 0 Å². The van der Waals surface area contributed by atoms with Crippen LogP contribution in [-0.4, -0.2) is 24.0 Å². The van der Waals surface area contributed by atoms with E-state index in [1.54, 1.807) is 30.5 Å². The third-order valence-electron chi connectivity index (χ3n) is 3.91. The molecule has 1 aromatic rings. The Bertz CT molecular complexity index is 862. The molecule has 1 heterocycles. The summed E-state index contributed by atoms with van der Waals surface area (Å²) in [6.07, 6.45) is 1.59. The molecular formula is C19H16N2O3. The minimum absolute atomic E-state index is 0.327. The van der Waals surface area contributed by atoms with Crippen molar-refractivity contribution in [2.45, 2.75) is 5.92 Å². The molecule has 0 fully saturated rings. The molecule has 0 spiro atoms. The van der Waals surface area contributed by atoms with Gasteiger partial charge >= 0.3 is 5.97 Å². The molecule has 0 radical (unpaired) electrons. The Morgan fingerprint density at radius 1 is 1.08 bits per heavy atom. The average Bonchev–Trinajstić information content (AvgIpc) is 2.78. The van der Waals surface area contributed by atoms with Gasteiger partial charge in [0.2, 0.25) is 5.91 Å². The molecule has 0 aromatic carbocycles. The van der Waals surface area contributed by atoms with E-state index >= 15 is 0 Å². The minimum atomic E-state index is -0.833. The minimum Gasteiger partial charge on any atom is -0.465 e. The predicted octanol–water partition coefficient (Wildman–Crippen LogP) is 2.59. The smallest absolute Gasteiger partial charge is 0.338 e. The Balaban J connectivity index is 2.31. The van der Waals surface area contributed by atoms with Gasteiger partial charge < -0.3 is 10.5 Å².